The van der Waals surface area contributed by atoms with Gasteiger partial charge in [0, 0.05) is 9.26 Å². The Morgan fingerprint density at radius 2 is 1.90 bits per heavy atom. The Labute approximate surface area is 132 Å². The van der Waals surface area contributed by atoms with Crippen LogP contribution in [0.5, 0.6) is 0 Å². The third-order valence-electron chi connectivity index (χ3n) is 2.88. The van der Waals surface area contributed by atoms with Crippen molar-refractivity contribution in [1.82, 2.24) is 0 Å². The highest BCUT2D eigenvalue weighted by atomic mass is 127. The van der Waals surface area contributed by atoms with Crippen molar-refractivity contribution >= 4 is 44.0 Å². The number of nitrogens with two attached hydrogens (primary N) is 1. The number of rotatable bonds is 4. The van der Waals surface area contributed by atoms with Gasteiger partial charge >= 0.3 is 0 Å². The Morgan fingerprint density at radius 3 is 2.55 bits per heavy atom. The van der Waals surface area contributed by atoms with Crippen LogP contribution < -0.4 is 10.5 Å². The predicted molar refractivity (Wildman–Crippen MR) is 90.2 cm³/mol. The molecule has 0 fully saturated rings. The van der Waals surface area contributed by atoms with Gasteiger partial charge in [-0.3, -0.25) is 4.72 Å². The van der Waals surface area contributed by atoms with Crippen molar-refractivity contribution in [2.45, 2.75) is 18.2 Å². The van der Waals surface area contributed by atoms with Crippen LogP contribution in [0.2, 0.25) is 0 Å². The second-order valence-electron chi connectivity index (χ2n) is 4.31. The van der Waals surface area contributed by atoms with Crippen molar-refractivity contribution in [1.29, 1.82) is 0 Å². The maximum absolute atomic E-state index is 12.5. The van der Waals surface area contributed by atoms with Crippen molar-refractivity contribution in [3.8, 4) is 0 Å². The van der Waals surface area contributed by atoms with Gasteiger partial charge < -0.3 is 5.73 Å². The molecule has 0 amide bonds. The van der Waals surface area contributed by atoms with Crippen molar-refractivity contribution in [3.63, 3.8) is 0 Å². The van der Waals surface area contributed by atoms with Gasteiger partial charge in [-0.25, -0.2) is 8.42 Å². The third kappa shape index (κ3) is 3.24. The Balaban J connectivity index is 2.46. The SMILES string of the molecule is CCc1ccc(N)cc1S(=O)(=O)Nc1ccccc1I. The molecule has 3 N–H and O–H groups in total. The first-order valence-electron chi connectivity index (χ1n) is 6.10. The largest absolute Gasteiger partial charge is 0.399 e. The average molecular weight is 402 g/mol. The second-order valence-corrected chi connectivity index (χ2v) is 7.12. The molecule has 0 saturated heterocycles. The van der Waals surface area contributed by atoms with E-state index in [1.807, 2.05) is 19.1 Å². The van der Waals surface area contributed by atoms with Crippen LogP contribution in [-0.2, 0) is 16.4 Å². The maximum Gasteiger partial charge on any atom is 0.262 e. The van der Waals surface area contributed by atoms with Gasteiger partial charge in [0.25, 0.3) is 10.0 Å². The number of sulfonamides is 1. The van der Waals surface area contributed by atoms with Crippen LogP contribution in [0.25, 0.3) is 0 Å². The first-order valence-corrected chi connectivity index (χ1v) is 8.66. The van der Waals surface area contributed by atoms with E-state index in [0.29, 0.717) is 17.8 Å². The molecular formula is C14H15IN2O2S. The van der Waals surface area contributed by atoms with E-state index in [4.69, 9.17) is 5.73 Å². The number of nitrogen functional groups attached to an aromatic ring is 1. The summed E-state index contributed by atoms with van der Waals surface area (Å²) in [7, 11) is -3.64. The Kier molecular flexibility index (Phi) is 4.54. The van der Waals surface area contributed by atoms with Gasteiger partial charge in [-0.05, 0) is 58.8 Å². The van der Waals surface area contributed by atoms with Gasteiger partial charge in [-0.1, -0.05) is 25.1 Å². The first kappa shape index (κ1) is 15.1. The molecule has 2 rings (SSSR count). The van der Waals surface area contributed by atoms with Crippen LogP contribution in [0.15, 0.2) is 47.4 Å². The van der Waals surface area contributed by atoms with Gasteiger partial charge in [0.1, 0.15) is 0 Å². The molecule has 0 aliphatic carbocycles. The van der Waals surface area contributed by atoms with Gasteiger partial charge in [-0.2, -0.15) is 0 Å². The van der Waals surface area contributed by atoms with Gasteiger partial charge in [0.15, 0.2) is 0 Å². The number of aryl methyl sites for hydroxylation is 1. The molecule has 0 aliphatic heterocycles. The molecule has 2 aromatic carbocycles. The van der Waals surface area contributed by atoms with Crippen LogP contribution in [0.4, 0.5) is 11.4 Å². The normalized spacial score (nSPS) is 11.3. The van der Waals surface area contributed by atoms with Crippen LogP contribution in [0, 0.1) is 3.57 Å². The van der Waals surface area contributed by atoms with Crippen molar-refractivity contribution in [2.24, 2.45) is 0 Å². The molecule has 0 saturated carbocycles. The van der Waals surface area contributed by atoms with E-state index >= 15 is 0 Å². The average Bonchev–Trinajstić information content (AvgIpc) is 2.41. The summed E-state index contributed by atoms with van der Waals surface area (Å²) in [5, 5.41) is 0. The van der Waals surface area contributed by atoms with Crippen LogP contribution in [-0.4, -0.2) is 8.42 Å². The van der Waals surface area contributed by atoms with E-state index in [2.05, 4.69) is 27.3 Å². The molecule has 0 heterocycles. The number of halogens is 1. The van der Waals surface area contributed by atoms with E-state index in [1.165, 1.54) is 6.07 Å². The molecule has 0 bridgehead atoms. The number of anilines is 2. The van der Waals surface area contributed by atoms with Crippen molar-refractivity contribution in [3.05, 3.63) is 51.6 Å². The Bertz CT molecular complexity index is 730. The summed E-state index contributed by atoms with van der Waals surface area (Å²) in [6.45, 7) is 1.91. The number of hydrogen-bond donors (Lipinski definition) is 2. The predicted octanol–water partition coefficient (Wildman–Crippen LogP) is 3.24. The van der Waals surface area contributed by atoms with E-state index in [9.17, 15) is 8.42 Å². The molecule has 0 atom stereocenters. The lowest BCUT2D eigenvalue weighted by Crippen LogP contribution is -2.16. The number of benzene rings is 2. The van der Waals surface area contributed by atoms with Gasteiger partial charge in [-0.15, -0.1) is 0 Å². The Hall–Kier alpha value is -1.28. The number of nitrogens with one attached hydrogen (secondary N) is 1. The van der Waals surface area contributed by atoms with E-state index in [-0.39, 0.29) is 4.90 Å². The molecule has 0 unspecified atom stereocenters. The Morgan fingerprint density at radius 1 is 1.20 bits per heavy atom. The number of para-hydroxylation sites is 1. The summed E-state index contributed by atoms with van der Waals surface area (Å²) in [4.78, 5) is 0.236. The lowest BCUT2D eigenvalue weighted by molar-refractivity contribution is 0.600. The van der Waals surface area contributed by atoms with Gasteiger partial charge in [0.2, 0.25) is 0 Å². The fourth-order valence-electron chi connectivity index (χ4n) is 1.86. The molecule has 0 spiro atoms. The summed E-state index contributed by atoms with van der Waals surface area (Å²) in [6, 6.07) is 12.2. The molecule has 0 aliphatic rings. The van der Waals surface area contributed by atoms with Crippen LogP contribution >= 0.6 is 22.6 Å². The highest BCUT2D eigenvalue weighted by Crippen LogP contribution is 2.25. The second kappa shape index (κ2) is 6.01. The third-order valence-corrected chi connectivity index (χ3v) is 5.27. The van der Waals surface area contributed by atoms with Crippen molar-refractivity contribution in [2.75, 3.05) is 10.5 Å². The van der Waals surface area contributed by atoms with E-state index in [0.717, 1.165) is 9.13 Å². The lowest BCUT2D eigenvalue weighted by atomic mass is 10.1. The zero-order chi connectivity index (χ0) is 14.8. The fourth-order valence-corrected chi connectivity index (χ4v) is 3.99. The van der Waals surface area contributed by atoms with Crippen molar-refractivity contribution < 1.29 is 8.42 Å². The van der Waals surface area contributed by atoms with Crippen LogP contribution in [0.3, 0.4) is 0 Å². The summed E-state index contributed by atoms with van der Waals surface area (Å²) in [5.41, 5.74) is 7.46. The molecule has 106 valence electrons. The van der Waals surface area contributed by atoms with Crippen LogP contribution in [0.1, 0.15) is 12.5 Å². The standard InChI is InChI=1S/C14H15IN2O2S/c1-2-10-7-8-11(16)9-14(10)20(18,19)17-13-6-4-3-5-12(13)15/h3-9,17H,2,16H2,1H3. The first-order chi connectivity index (χ1) is 9.44. The molecule has 4 nitrogen and oxygen atoms in total. The lowest BCUT2D eigenvalue weighted by Gasteiger charge is -2.13. The molecule has 0 aromatic heterocycles. The highest BCUT2D eigenvalue weighted by Gasteiger charge is 2.19. The van der Waals surface area contributed by atoms with Gasteiger partial charge in [0.05, 0.1) is 10.6 Å². The topological polar surface area (TPSA) is 72.2 Å². The zero-order valence-electron chi connectivity index (χ0n) is 10.9. The van der Waals surface area contributed by atoms with E-state index in [1.54, 1.807) is 24.3 Å². The zero-order valence-corrected chi connectivity index (χ0v) is 13.9. The molecule has 2 aromatic rings. The summed E-state index contributed by atoms with van der Waals surface area (Å²) >= 11 is 2.09. The van der Waals surface area contributed by atoms with E-state index < -0.39 is 10.0 Å². The monoisotopic (exact) mass is 402 g/mol. The minimum absolute atomic E-state index is 0.236. The number of hydrogen-bond acceptors (Lipinski definition) is 3. The minimum Gasteiger partial charge on any atom is -0.399 e. The fraction of sp³-hybridized carbons (Fsp3) is 0.143. The molecule has 20 heavy (non-hydrogen) atoms. The molecule has 6 heteroatoms. The smallest absolute Gasteiger partial charge is 0.262 e. The summed E-state index contributed by atoms with van der Waals surface area (Å²) in [5.74, 6) is 0. The maximum atomic E-state index is 12.5. The highest BCUT2D eigenvalue weighted by molar-refractivity contribution is 14.1. The molecule has 0 radical (unpaired) electrons. The quantitative estimate of drug-likeness (QED) is 0.609. The summed E-state index contributed by atoms with van der Waals surface area (Å²) in [6.07, 6.45) is 0.627. The summed E-state index contributed by atoms with van der Waals surface area (Å²) < 4.78 is 28.5. The molecular weight excluding hydrogens is 387 g/mol. The minimum atomic E-state index is -3.64.